The van der Waals surface area contributed by atoms with Gasteiger partial charge in [-0.2, -0.15) is 0 Å². The van der Waals surface area contributed by atoms with Gasteiger partial charge in [-0.3, -0.25) is 0 Å². The summed E-state index contributed by atoms with van der Waals surface area (Å²) in [5.41, 5.74) is 0. The number of hydrogen-bond acceptors (Lipinski definition) is 4. The van der Waals surface area contributed by atoms with Gasteiger partial charge in [-0.05, 0) is 6.42 Å². The smallest absolute Gasteiger partial charge is 0.161 e. The summed E-state index contributed by atoms with van der Waals surface area (Å²) < 4.78 is 93.0. The molecule has 0 radical (unpaired) electrons. The van der Waals surface area contributed by atoms with Gasteiger partial charge in [0.1, 0.15) is 21.5 Å². The van der Waals surface area contributed by atoms with Crippen LogP contribution in [0, 0.1) is 0 Å². The standard InChI is InChI=1S/C18H32F4O4S/c1-2-3-4-5-6-7-8-9-10-11-12-26-17-13(19)15(21)18(27(23,24)25)16(22)14(17)20/h13-18H,2-12H2,1H3,(H,23,24,25)/p-1. The van der Waals surface area contributed by atoms with Crippen LogP contribution >= 0.6 is 0 Å². The van der Waals surface area contributed by atoms with E-state index in [4.69, 9.17) is 4.74 Å². The van der Waals surface area contributed by atoms with Crippen LogP contribution in [-0.4, -0.2) is 55.6 Å². The van der Waals surface area contributed by atoms with E-state index in [1.165, 1.54) is 32.1 Å². The SMILES string of the molecule is CCCCCCCCCCCCOC1C(F)C(F)C(S(=O)(=O)[O-])C(F)C1F. The van der Waals surface area contributed by atoms with Crippen LogP contribution in [0.5, 0.6) is 0 Å². The van der Waals surface area contributed by atoms with E-state index in [0.29, 0.717) is 6.42 Å². The maximum absolute atomic E-state index is 13.9. The molecule has 0 saturated heterocycles. The Balaban J connectivity index is 2.25. The van der Waals surface area contributed by atoms with Gasteiger partial charge in [0.05, 0.1) is 0 Å². The highest BCUT2D eigenvalue weighted by Gasteiger charge is 2.56. The first-order valence-electron chi connectivity index (χ1n) is 9.84. The van der Waals surface area contributed by atoms with E-state index in [9.17, 15) is 30.5 Å². The molecule has 1 aliphatic rings. The minimum atomic E-state index is -5.49. The molecule has 1 aliphatic carbocycles. The van der Waals surface area contributed by atoms with Crippen LogP contribution in [0.25, 0.3) is 0 Å². The van der Waals surface area contributed by atoms with Gasteiger partial charge in [-0.15, -0.1) is 0 Å². The zero-order valence-corrected chi connectivity index (χ0v) is 16.6. The summed E-state index contributed by atoms with van der Waals surface area (Å²) in [5, 5.41) is -2.88. The van der Waals surface area contributed by atoms with E-state index < -0.39 is 46.2 Å². The van der Waals surface area contributed by atoms with Gasteiger partial charge in [-0.25, -0.2) is 26.0 Å². The fraction of sp³-hybridized carbons (Fsp3) is 1.00. The molecule has 0 aromatic rings. The lowest BCUT2D eigenvalue weighted by atomic mass is 9.90. The highest BCUT2D eigenvalue weighted by molar-refractivity contribution is 7.86. The maximum Gasteiger partial charge on any atom is 0.161 e. The number of rotatable bonds is 13. The molecule has 4 nitrogen and oxygen atoms in total. The molecule has 27 heavy (non-hydrogen) atoms. The van der Waals surface area contributed by atoms with Crippen LogP contribution in [-0.2, 0) is 14.9 Å². The predicted molar refractivity (Wildman–Crippen MR) is 94.7 cm³/mol. The molecule has 0 aromatic carbocycles. The van der Waals surface area contributed by atoms with Gasteiger partial charge in [0.2, 0.25) is 0 Å². The van der Waals surface area contributed by atoms with Crippen LogP contribution in [0.1, 0.15) is 71.1 Å². The Hall–Kier alpha value is -0.410. The third-order valence-corrected chi connectivity index (χ3v) is 6.19. The average Bonchev–Trinajstić information content (AvgIpc) is 2.59. The average molecular weight is 420 g/mol. The van der Waals surface area contributed by atoms with Gasteiger partial charge < -0.3 is 9.29 Å². The first kappa shape index (κ1) is 24.6. The zero-order valence-electron chi connectivity index (χ0n) is 15.8. The number of hydrogen-bond donors (Lipinski definition) is 0. The van der Waals surface area contributed by atoms with Crippen molar-refractivity contribution in [1.82, 2.24) is 0 Å². The second-order valence-corrected chi connectivity index (χ2v) is 8.78. The van der Waals surface area contributed by atoms with Crippen molar-refractivity contribution in [1.29, 1.82) is 0 Å². The lowest BCUT2D eigenvalue weighted by Gasteiger charge is -2.40. The highest BCUT2D eigenvalue weighted by atomic mass is 32.2. The Morgan fingerprint density at radius 3 is 1.56 bits per heavy atom. The molecular weight excluding hydrogens is 388 g/mol. The van der Waals surface area contributed by atoms with Crippen molar-refractivity contribution in [2.24, 2.45) is 0 Å². The van der Waals surface area contributed by atoms with Crippen molar-refractivity contribution in [3.8, 4) is 0 Å². The van der Waals surface area contributed by atoms with Gasteiger partial charge in [0.15, 0.2) is 24.7 Å². The number of ether oxygens (including phenoxy) is 1. The molecule has 0 spiro atoms. The molecule has 4 atom stereocenters. The Morgan fingerprint density at radius 1 is 0.741 bits per heavy atom. The number of unbranched alkanes of at least 4 members (excludes halogenated alkanes) is 9. The van der Waals surface area contributed by atoms with Crippen LogP contribution in [0.4, 0.5) is 17.6 Å². The van der Waals surface area contributed by atoms with Crippen molar-refractivity contribution < 1.29 is 35.3 Å². The lowest BCUT2D eigenvalue weighted by Crippen LogP contribution is -2.61. The second kappa shape index (κ2) is 12.2. The molecule has 9 heteroatoms. The third kappa shape index (κ3) is 7.85. The molecule has 162 valence electrons. The summed E-state index contributed by atoms with van der Waals surface area (Å²) in [6, 6.07) is 0. The van der Waals surface area contributed by atoms with Crippen LogP contribution in [0.2, 0.25) is 0 Å². The summed E-state index contributed by atoms with van der Waals surface area (Å²) in [4.78, 5) is 0. The molecule has 1 fully saturated rings. The summed E-state index contributed by atoms with van der Waals surface area (Å²) in [5.74, 6) is 0. The van der Waals surface area contributed by atoms with Gasteiger partial charge in [0.25, 0.3) is 0 Å². The normalized spacial score (nSPS) is 31.9. The maximum atomic E-state index is 13.9. The minimum absolute atomic E-state index is 0.0732. The fourth-order valence-electron chi connectivity index (χ4n) is 3.39. The summed E-state index contributed by atoms with van der Waals surface area (Å²) in [6.07, 6.45) is -2.79. The van der Waals surface area contributed by atoms with Gasteiger partial charge in [0, 0.05) is 6.61 Å². The van der Waals surface area contributed by atoms with E-state index in [-0.39, 0.29) is 6.61 Å². The molecule has 0 heterocycles. The topological polar surface area (TPSA) is 66.4 Å². The van der Waals surface area contributed by atoms with Crippen LogP contribution in [0.15, 0.2) is 0 Å². The first-order valence-corrected chi connectivity index (χ1v) is 11.3. The predicted octanol–water partition coefficient (Wildman–Crippen LogP) is 4.57. The molecule has 1 rings (SSSR count). The summed E-state index contributed by atoms with van der Waals surface area (Å²) in [6.45, 7) is 2.09. The quantitative estimate of drug-likeness (QED) is 0.249. The largest absolute Gasteiger partial charge is 0.748 e. The van der Waals surface area contributed by atoms with Crippen molar-refractivity contribution in [2.75, 3.05) is 6.61 Å². The van der Waals surface area contributed by atoms with E-state index in [2.05, 4.69) is 6.92 Å². The Labute approximate surface area is 159 Å². The molecular formula is C18H31F4O4S-. The molecule has 1 saturated carbocycles. The fourth-order valence-corrected chi connectivity index (χ4v) is 4.32. The zero-order chi connectivity index (χ0) is 20.4. The summed E-state index contributed by atoms with van der Waals surface area (Å²) in [7, 11) is -5.49. The van der Waals surface area contributed by atoms with Crippen molar-refractivity contribution in [3.63, 3.8) is 0 Å². The first-order chi connectivity index (χ1) is 12.7. The van der Waals surface area contributed by atoms with Crippen molar-refractivity contribution >= 4 is 10.1 Å². The highest BCUT2D eigenvalue weighted by Crippen LogP contribution is 2.35. The van der Waals surface area contributed by atoms with Crippen molar-refractivity contribution in [3.05, 3.63) is 0 Å². The summed E-state index contributed by atoms with van der Waals surface area (Å²) >= 11 is 0. The van der Waals surface area contributed by atoms with E-state index in [0.717, 1.165) is 25.7 Å². The molecule has 0 aromatic heterocycles. The monoisotopic (exact) mass is 419 g/mol. The van der Waals surface area contributed by atoms with E-state index in [1.54, 1.807) is 0 Å². The Bertz CT molecular complexity index is 490. The van der Waals surface area contributed by atoms with Crippen molar-refractivity contribution in [2.45, 2.75) is 107 Å². The molecule has 0 aliphatic heterocycles. The van der Waals surface area contributed by atoms with E-state index >= 15 is 0 Å². The molecule has 0 bridgehead atoms. The van der Waals surface area contributed by atoms with Gasteiger partial charge >= 0.3 is 0 Å². The van der Waals surface area contributed by atoms with Crippen LogP contribution < -0.4 is 0 Å². The van der Waals surface area contributed by atoms with E-state index in [1.807, 2.05) is 0 Å². The molecule has 0 amide bonds. The Kier molecular flexibility index (Phi) is 11.1. The number of alkyl halides is 4. The second-order valence-electron chi connectivity index (χ2n) is 7.25. The molecule has 4 unspecified atom stereocenters. The van der Waals surface area contributed by atoms with Crippen LogP contribution in [0.3, 0.4) is 0 Å². The lowest BCUT2D eigenvalue weighted by molar-refractivity contribution is -0.119. The van der Waals surface area contributed by atoms with Gasteiger partial charge in [-0.1, -0.05) is 64.7 Å². The number of halogens is 4. The third-order valence-electron chi connectivity index (χ3n) is 5.01. The Morgan fingerprint density at radius 2 is 1.15 bits per heavy atom. The molecule has 0 N–H and O–H groups in total. The minimum Gasteiger partial charge on any atom is -0.748 e.